The molecular weight excluding hydrogens is 168 g/mol. The first-order valence-corrected chi connectivity index (χ1v) is 5.15. The fourth-order valence-electron chi connectivity index (χ4n) is 0.917. The van der Waals surface area contributed by atoms with Crippen molar-refractivity contribution in [3.63, 3.8) is 0 Å². The molecule has 0 radical (unpaired) electrons. The number of ether oxygens (including phenoxy) is 3. The van der Waals surface area contributed by atoms with Gasteiger partial charge in [0.2, 0.25) is 0 Å². The Morgan fingerprint density at radius 3 is 1.69 bits per heavy atom. The Kier molecular flexibility index (Phi) is 11.8. The smallest absolute Gasteiger partial charge is 0.0700 e. The zero-order valence-electron chi connectivity index (χ0n) is 8.88. The molecule has 0 amide bonds. The molecule has 0 aromatic carbocycles. The third-order valence-electron chi connectivity index (χ3n) is 1.61. The van der Waals surface area contributed by atoms with Gasteiger partial charge in [-0.3, -0.25) is 0 Å². The van der Waals surface area contributed by atoms with Gasteiger partial charge in [-0.2, -0.15) is 0 Å². The van der Waals surface area contributed by atoms with Gasteiger partial charge in [0.25, 0.3) is 0 Å². The summed E-state index contributed by atoms with van der Waals surface area (Å²) in [6.45, 7) is 8.68. The topological polar surface area (TPSA) is 27.7 Å². The second-order valence-electron chi connectivity index (χ2n) is 2.71. The van der Waals surface area contributed by atoms with Crippen LogP contribution in [0.2, 0.25) is 0 Å². The van der Waals surface area contributed by atoms with Gasteiger partial charge in [-0.05, 0) is 26.7 Å². The van der Waals surface area contributed by atoms with Crippen molar-refractivity contribution in [1.82, 2.24) is 0 Å². The highest BCUT2D eigenvalue weighted by Gasteiger charge is 1.90. The van der Waals surface area contributed by atoms with E-state index in [2.05, 4.69) is 0 Å². The van der Waals surface area contributed by atoms with E-state index in [9.17, 15) is 0 Å². The molecule has 13 heavy (non-hydrogen) atoms. The Morgan fingerprint density at radius 1 is 0.615 bits per heavy atom. The van der Waals surface area contributed by atoms with Crippen molar-refractivity contribution in [2.75, 3.05) is 39.6 Å². The highest BCUT2D eigenvalue weighted by Crippen LogP contribution is 1.91. The van der Waals surface area contributed by atoms with Crippen molar-refractivity contribution in [2.24, 2.45) is 0 Å². The van der Waals surface area contributed by atoms with E-state index in [0.717, 1.165) is 39.3 Å². The van der Waals surface area contributed by atoms with Crippen molar-refractivity contribution >= 4 is 0 Å². The van der Waals surface area contributed by atoms with Gasteiger partial charge in [0.15, 0.2) is 0 Å². The average Bonchev–Trinajstić information content (AvgIpc) is 2.16. The van der Waals surface area contributed by atoms with E-state index >= 15 is 0 Å². The first kappa shape index (κ1) is 12.9. The van der Waals surface area contributed by atoms with E-state index in [1.807, 2.05) is 13.8 Å². The Morgan fingerprint density at radius 2 is 1.08 bits per heavy atom. The minimum absolute atomic E-state index is 0.710. The van der Waals surface area contributed by atoms with Gasteiger partial charge in [-0.15, -0.1) is 0 Å². The molecule has 0 aromatic rings. The fourth-order valence-corrected chi connectivity index (χ4v) is 0.917. The van der Waals surface area contributed by atoms with Crippen LogP contribution >= 0.6 is 0 Å². The standard InChI is InChI=1S/C10H22O3/c1-3-11-7-5-6-8-13-10-9-12-4-2/h3-10H2,1-2H3. The average molecular weight is 190 g/mol. The van der Waals surface area contributed by atoms with Crippen molar-refractivity contribution in [2.45, 2.75) is 26.7 Å². The minimum Gasteiger partial charge on any atom is -0.382 e. The van der Waals surface area contributed by atoms with Crippen LogP contribution in [-0.4, -0.2) is 39.6 Å². The van der Waals surface area contributed by atoms with Gasteiger partial charge in [-0.25, -0.2) is 0 Å². The number of hydrogen-bond donors (Lipinski definition) is 0. The van der Waals surface area contributed by atoms with E-state index in [-0.39, 0.29) is 0 Å². The summed E-state index contributed by atoms with van der Waals surface area (Å²) >= 11 is 0. The van der Waals surface area contributed by atoms with Crippen molar-refractivity contribution < 1.29 is 14.2 Å². The predicted molar refractivity (Wildman–Crippen MR) is 53.0 cm³/mol. The molecule has 0 bridgehead atoms. The number of unbranched alkanes of at least 4 members (excludes halogenated alkanes) is 1. The second-order valence-corrected chi connectivity index (χ2v) is 2.71. The molecule has 0 rings (SSSR count). The van der Waals surface area contributed by atoms with Gasteiger partial charge >= 0.3 is 0 Å². The van der Waals surface area contributed by atoms with E-state index in [0.29, 0.717) is 13.2 Å². The molecule has 0 aliphatic rings. The fraction of sp³-hybridized carbons (Fsp3) is 1.00. The summed E-state index contributed by atoms with van der Waals surface area (Å²) in [6.07, 6.45) is 2.16. The van der Waals surface area contributed by atoms with Crippen molar-refractivity contribution in [3.8, 4) is 0 Å². The lowest BCUT2D eigenvalue weighted by atomic mass is 10.3. The molecular formula is C10H22O3. The van der Waals surface area contributed by atoms with Crippen LogP contribution < -0.4 is 0 Å². The van der Waals surface area contributed by atoms with Gasteiger partial charge in [-0.1, -0.05) is 0 Å². The lowest BCUT2D eigenvalue weighted by Crippen LogP contribution is -2.05. The molecule has 0 N–H and O–H groups in total. The highest BCUT2D eigenvalue weighted by atomic mass is 16.5. The lowest BCUT2D eigenvalue weighted by Gasteiger charge is -2.04. The first-order chi connectivity index (χ1) is 6.41. The molecule has 0 atom stereocenters. The maximum Gasteiger partial charge on any atom is 0.0700 e. The molecule has 80 valence electrons. The largest absolute Gasteiger partial charge is 0.382 e. The third-order valence-corrected chi connectivity index (χ3v) is 1.61. The molecule has 0 aromatic heterocycles. The molecule has 3 heteroatoms. The molecule has 0 spiro atoms. The molecule has 0 saturated heterocycles. The Bertz CT molecular complexity index is 76.2. The second kappa shape index (κ2) is 11.9. The van der Waals surface area contributed by atoms with E-state index in [4.69, 9.17) is 14.2 Å². The van der Waals surface area contributed by atoms with Crippen LogP contribution in [0.5, 0.6) is 0 Å². The lowest BCUT2D eigenvalue weighted by molar-refractivity contribution is 0.0481. The molecule has 0 fully saturated rings. The Balaban J connectivity index is 2.76. The highest BCUT2D eigenvalue weighted by molar-refractivity contribution is 4.38. The van der Waals surface area contributed by atoms with Gasteiger partial charge in [0.1, 0.15) is 0 Å². The third kappa shape index (κ3) is 11.9. The zero-order valence-corrected chi connectivity index (χ0v) is 8.88. The van der Waals surface area contributed by atoms with Gasteiger partial charge in [0, 0.05) is 26.4 Å². The van der Waals surface area contributed by atoms with Crippen LogP contribution in [0.1, 0.15) is 26.7 Å². The maximum atomic E-state index is 5.34. The van der Waals surface area contributed by atoms with Crippen molar-refractivity contribution in [3.05, 3.63) is 0 Å². The molecule has 0 aliphatic heterocycles. The Hall–Kier alpha value is -0.120. The summed E-state index contributed by atoms with van der Waals surface area (Å²) in [5.41, 5.74) is 0. The summed E-state index contributed by atoms with van der Waals surface area (Å²) in [4.78, 5) is 0. The normalized spacial score (nSPS) is 10.6. The summed E-state index contributed by atoms with van der Waals surface area (Å²) < 4.78 is 15.7. The summed E-state index contributed by atoms with van der Waals surface area (Å²) in [5, 5.41) is 0. The molecule has 3 nitrogen and oxygen atoms in total. The van der Waals surface area contributed by atoms with Crippen LogP contribution in [0.15, 0.2) is 0 Å². The summed E-state index contributed by atoms with van der Waals surface area (Å²) in [7, 11) is 0. The molecule has 0 unspecified atom stereocenters. The molecule has 0 saturated carbocycles. The van der Waals surface area contributed by atoms with E-state index in [1.54, 1.807) is 0 Å². The zero-order chi connectivity index (χ0) is 9.78. The van der Waals surface area contributed by atoms with E-state index in [1.165, 1.54) is 0 Å². The Labute approximate surface area is 81.4 Å². The minimum atomic E-state index is 0.710. The van der Waals surface area contributed by atoms with E-state index < -0.39 is 0 Å². The van der Waals surface area contributed by atoms with Gasteiger partial charge in [0.05, 0.1) is 13.2 Å². The monoisotopic (exact) mass is 190 g/mol. The maximum absolute atomic E-state index is 5.34. The van der Waals surface area contributed by atoms with Gasteiger partial charge < -0.3 is 14.2 Å². The van der Waals surface area contributed by atoms with Crippen LogP contribution in [-0.2, 0) is 14.2 Å². The number of rotatable bonds is 10. The first-order valence-electron chi connectivity index (χ1n) is 5.15. The predicted octanol–water partition coefficient (Wildman–Crippen LogP) is 1.86. The number of hydrogen-bond acceptors (Lipinski definition) is 3. The van der Waals surface area contributed by atoms with Crippen LogP contribution in [0.25, 0.3) is 0 Å². The SMILES string of the molecule is CCOCCCCOCCOCC. The summed E-state index contributed by atoms with van der Waals surface area (Å²) in [5.74, 6) is 0. The summed E-state index contributed by atoms with van der Waals surface area (Å²) in [6, 6.07) is 0. The van der Waals surface area contributed by atoms with Crippen molar-refractivity contribution in [1.29, 1.82) is 0 Å². The molecule has 0 heterocycles. The van der Waals surface area contributed by atoms with Crippen LogP contribution in [0.3, 0.4) is 0 Å². The quantitative estimate of drug-likeness (QED) is 0.492. The van der Waals surface area contributed by atoms with Crippen LogP contribution in [0, 0.1) is 0 Å². The molecule has 0 aliphatic carbocycles. The van der Waals surface area contributed by atoms with Crippen LogP contribution in [0.4, 0.5) is 0 Å².